The molecule has 1 unspecified atom stereocenters. The number of halogens is 2. The lowest BCUT2D eigenvalue weighted by Gasteiger charge is -2.12. The van der Waals surface area contributed by atoms with E-state index in [-0.39, 0.29) is 22.4 Å². The van der Waals surface area contributed by atoms with Crippen molar-refractivity contribution >= 4 is 29.0 Å². The lowest BCUT2D eigenvalue weighted by molar-refractivity contribution is -0.117. The van der Waals surface area contributed by atoms with Crippen molar-refractivity contribution in [3.63, 3.8) is 0 Å². The first-order chi connectivity index (χ1) is 13.1. The third-order valence-corrected chi connectivity index (χ3v) is 5.10. The second-order valence-corrected chi connectivity index (χ2v) is 6.83. The molecule has 0 aliphatic carbocycles. The molecule has 1 amide bonds. The zero-order chi connectivity index (χ0) is 19.0. The van der Waals surface area contributed by atoms with Crippen LogP contribution in [0.3, 0.4) is 0 Å². The van der Waals surface area contributed by atoms with Gasteiger partial charge in [-0.1, -0.05) is 48.0 Å². The molecule has 4 nitrogen and oxygen atoms in total. The summed E-state index contributed by atoms with van der Waals surface area (Å²) in [6.45, 7) is 0.562. The van der Waals surface area contributed by atoms with Crippen molar-refractivity contribution in [2.24, 2.45) is 0 Å². The molecule has 4 rings (SSSR count). The average molecular weight is 383 g/mol. The standard InChI is InChI=1S/C21H16ClFN2O2/c22-15-7-4-8-16(19(15)23)24-21(27)14-11-12-25-17(14)9-10-18(25)20(26)13-5-2-1-3-6-13/h1-10,14H,11-12H2,(H,24,27). The van der Waals surface area contributed by atoms with Crippen LogP contribution in [-0.2, 0) is 11.3 Å². The highest BCUT2D eigenvalue weighted by molar-refractivity contribution is 6.31. The molecular weight excluding hydrogens is 367 g/mol. The molecule has 1 aliphatic rings. The number of ketones is 1. The Labute approximate surface area is 160 Å². The van der Waals surface area contributed by atoms with Crippen molar-refractivity contribution < 1.29 is 14.0 Å². The van der Waals surface area contributed by atoms with Crippen molar-refractivity contribution in [1.82, 2.24) is 4.57 Å². The first kappa shape index (κ1) is 17.5. The molecule has 0 saturated heterocycles. The number of amides is 1. The third kappa shape index (κ3) is 3.15. The van der Waals surface area contributed by atoms with Crippen molar-refractivity contribution in [3.8, 4) is 0 Å². The van der Waals surface area contributed by atoms with E-state index in [1.165, 1.54) is 12.1 Å². The normalized spacial score (nSPS) is 15.4. The largest absolute Gasteiger partial charge is 0.341 e. The Bertz CT molecular complexity index is 1030. The number of hydrogen-bond acceptors (Lipinski definition) is 2. The van der Waals surface area contributed by atoms with Crippen molar-refractivity contribution in [1.29, 1.82) is 0 Å². The zero-order valence-corrected chi connectivity index (χ0v) is 15.0. The highest BCUT2D eigenvalue weighted by Crippen LogP contribution is 2.33. The van der Waals surface area contributed by atoms with Gasteiger partial charge >= 0.3 is 0 Å². The Morgan fingerprint density at radius 1 is 1.04 bits per heavy atom. The maximum absolute atomic E-state index is 14.0. The fraction of sp³-hybridized carbons (Fsp3) is 0.143. The van der Waals surface area contributed by atoms with E-state index >= 15 is 0 Å². The predicted octanol–water partition coefficient (Wildman–Crippen LogP) is 4.64. The molecule has 0 fully saturated rings. The highest BCUT2D eigenvalue weighted by Gasteiger charge is 2.32. The van der Waals surface area contributed by atoms with Crippen LogP contribution in [0.15, 0.2) is 60.7 Å². The minimum absolute atomic E-state index is 0.0432. The number of rotatable bonds is 4. The minimum Gasteiger partial charge on any atom is -0.341 e. The quantitative estimate of drug-likeness (QED) is 0.668. The van der Waals surface area contributed by atoms with Crippen molar-refractivity contribution in [2.45, 2.75) is 18.9 Å². The van der Waals surface area contributed by atoms with Gasteiger partial charge in [0, 0.05) is 17.8 Å². The van der Waals surface area contributed by atoms with Crippen LogP contribution < -0.4 is 5.32 Å². The Hall–Kier alpha value is -2.92. The van der Waals surface area contributed by atoms with Crippen LogP contribution >= 0.6 is 11.6 Å². The highest BCUT2D eigenvalue weighted by atomic mass is 35.5. The smallest absolute Gasteiger partial charge is 0.233 e. The van der Waals surface area contributed by atoms with Crippen LogP contribution in [0.1, 0.15) is 34.1 Å². The SMILES string of the molecule is O=C(c1ccccc1)c1ccc2n1CCC2C(=O)Nc1cccc(Cl)c1F. The maximum atomic E-state index is 14.0. The summed E-state index contributed by atoms with van der Waals surface area (Å²) in [5, 5.41) is 2.56. The van der Waals surface area contributed by atoms with Gasteiger partial charge in [0.1, 0.15) is 0 Å². The Kier molecular flexibility index (Phi) is 4.54. The second kappa shape index (κ2) is 7.00. The summed E-state index contributed by atoms with van der Waals surface area (Å²) in [7, 11) is 0. The molecule has 0 spiro atoms. The number of nitrogens with one attached hydrogen (secondary N) is 1. The summed E-state index contributed by atoms with van der Waals surface area (Å²) in [6.07, 6.45) is 0.555. The van der Waals surface area contributed by atoms with Gasteiger partial charge in [0.05, 0.1) is 22.3 Å². The third-order valence-electron chi connectivity index (χ3n) is 4.81. The number of nitrogens with zero attached hydrogens (tertiary/aromatic N) is 1. The van der Waals surface area contributed by atoms with E-state index in [1.807, 2.05) is 22.8 Å². The van der Waals surface area contributed by atoms with Gasteiger partial charge in [0.15, 0.2) is 5.82 Å². The van der Waals surface area contributed by atoms with Gasteiger partial charge in [-0.15, -0.1) is 0 Å². The van der Waals surface area contributed by atoms with Gasteiger partial charge in [0.2, 0.25) is 11.7 Å². The van der Waals surface area contributed by atoms with Crippen LogP contribution in [-0.4, -0.2) is 16.3 Å². The monoisotopic (exact) mass is 382 g/mol. The maximum Gasteiger partial charge on any atom is 0.233 e. The first-order valence-electron chi connectivity index (χ1n) is 8.60. The molecule has 0 saturated carbocycles. The van der Waals surface area contributed by atoms with Gasteiger partial charge in [-0.25, -0.2) is 4.39 Å². The molecule has 6 heteroatoms. The van der Waals surface area contributed by atoms with Gasteiger partial charge < -0.3 is 9.88 Å². The van der Waals surface area contributed by atoms with E-state index in [0.29, 0.717) is 24.2 Å². The van der Waals surface area contributed by atoms with E-state index in [4.69, 9.17) is 11.6 Å². The molecular formula is C21H16ClFN2O2. The number of anilines is 1. The van der Waals surface area contributed by atoms with Crippen LogP contribution in [0.2, 0.25) is 5.02 Å². The summed E-state index contributed by atoms with van der Waals surface area (Å²) in [5.41, 5.74) is 1.97. The number of carbonyl (C=O) groups is 2. The fourth-order valence-corrected chi connectivity index (χ4v) is 3.64. The number of carbonyl (C=O) groups excluding carboxylic acids is 2. The van der Waals surface area contributed by atoms with E-state index in [2.05, 4.69) is 5.32 Å². The molecule has 136 valence electrons. The molecule has 0 radical (unpaired) electrons. The summed E-state index contributed by atoms with van der Waals surface area (Å²) in [5.74, 6) is -1.49. The molecule has 2 aromatic carbocycles. The average Bonchev–Trinajstić information content (AvgIpc) is 3.27. The number of fused-ring (bicyclic) bond motifs is 1. The van der Waals surface area contributed by atoms with Gasteiger partial charge in [-0.2, -0.15) is 0 Å². The summed E-state index contributed by atoms with van der Waals surface area (Å²) in [6, 6.07) is 17.0. The number of benzene rings is 2. The van der Waals surface area contributed by atoms with E-state index < -0.39 is 11.7 Å². The topological polar surface area (TPSA) is 51.1 Å². The second-order valence-electron chi connectivity index (χ2n) is 6.42. The first-order valence-corrected chi connectivity index (χ1v) is 8.98. The van der Waals surface area contributed by atoms with Gasteiger partial charge in [-0.05, 0) is 30.7 Å². The van der Waals surface area contributed by atoms with Crippen LogP contribution in [0.4, 0.5) is 10.1 Å². The van der Waals surface area contributed by atoms with E-state index in [0.717, 1.165) is 5.69 Å². The molecule has 1 aliphatic heterocycles. The zero-order valence-electron chi connectivity index (χ0n) is 14.3. The summed E-state index contributed by atoms with van der Waals surface area (Å²) < 4.78 is 15.9. The molecule has 1 N–H and O–H groups in total. The van der Waals surface area contributed by atoms with Crippen molar-refractivity contribution in [2.75, 3.05) is 5.32 Å². The molecule has 27 heavy (non-hydrogen) atoms. The lowest BCUT2D eigenvalue weighted by Crippen LogP contribution is -2.20. The molecule has 2 heterocycles. The lowest BCUT2D eigenvalue weighted by atomic mass is 10.0. The molecule has 3 aromatic rings. The molecule has 1 atom stereocenters. The summed E-state index contributed by atoms with van der Waals surface area (Å²) in [4.78, 5) is 25.4. The number of aromatic nitrogens is 1. The van der Waals surface area contributed by atoms with E-state index in [9.17, 15) is 14.0 Å². The minimum atomic E-state index is -0.652. The number of hydrogen-bond donors (Lipinski definition) is 1. The van der Waals surface area contributed by atoms with Crippen LogP contribution in [0.5, 0.6) is 0 Å². The van der Waals surface area contributed by atoms with E-state index in [1.54, 1.807) is 30.3 Å². The summed E-state index contributed by atoms with van der Waals surface area (Å²) >= 11 is 5.77. The fourth-order valence-electron chi connectivity index (χ4n) is 3.46. The Balaban J connectivity index is 1.58. The molecule has 1 aromatic heterocycles. The predicted molar refractivity (Wildman–Crippen MR) is 102 cm³/mol. The van der Waals surface area contributed by atoms with Crippen LogP contribution in [0.25, 0.3) is 0 Å². The molecule has 0 bridgehead atoms. The van der Waals surface area contributed by atoms with Crippen molar-refractivity contribution in [3.05, 3.63) is 88.5 Å². The Morgan fingerprint density at radius 3 is 2.59 bits per heavy atom. The Morgan fingerprint density at radius 2 is 1.81 bits per heavy atom. The van der Waals surface area contributed by atoms with Crippen LogP contribution in [0, 0.1) is 5.82 Å². The van der Waals surface area contributed by atoms with Gasteiger partial charge in [-0.3, -0.25) is 9.59 Å². The van der Waals surface area contributed by atoms with Gasteiger partial charge in [0.25, 0.3) is 0 Å².